The highest BCUT2D eigenvalue weighted by molar-refractivity contribution is 5.89. The molecule has 0 unspecified atom stereocenters. The van der Waals surface area contributed by atoms with Crippen LogP contribution in [-0.2, 0) is 6.54 Å². The lowest BCUT2D eigenvalue weighted by atomic mass is 10.0. The molecule has 1 aromatic carbocycles. The van der Waals surface area contributed by atoms with Crippen molar-refractivity contribution in [3.8, 4) is 0 Å². The summed E-state index contributed by atoms with van der Waals surface area (Å²) in [6, 6.07) is 10.2. The Morgan fingerprint density at radius 1 is 1.32 bits per heavy atom. The number of amides is 1. The van der Waals surface area contributed by atoms with E-state index in [0.29, 0.717) is 18.3 Å². The number of furan rings is 1. The van der Waals surface area contributed by atoms with Gasteiger partial charge in [-0.1, -0.05) is 6.07 Å². The van der Waals surface area contributed by atoms with Crippen molar-refractivity contribution in [1.82, 2.24) is 10.6 Å². The Balaban J connectivity index is 1.55. The zero-order chi connectivity index (χ0) is 19.9. The maximum Gasteiger partial charge on any atom is 0.284 e. The standard InChI is InChI=1S/C20H26FN5O2/c1-2-23-20(24-13-17-6-7-18(28-17)19(22)27)25-15-8-10-26(11-9-15)16-5-3-4-14(21)12-16/h3-7,12,15H,2,8-11,13H2,1H3,(H2,22,27)(H2,23,24,25). The predicted molar refractivity (Wildman–Crippen MR) is 107 cm³/mol. The molecule has 0 atom stereocenters. The maximum atomic E-state index is 13.4. The van der Waals surface area contributed by atoms with E-state index >= 15 is 0 Å². The number of anilines is 1. The molecule has 1 saturated heterocycles. The van der Waals surface area contributed by atoms with Gasteiger partial charge in [0, 0.05) is 31.4 Å². The molecular weight excluding hydrogens is 361 g/mol. The summed E-state index contributed by atoms with van der Waals surface area (Å²) in [4.78, 5) is 17.8. The van der Waals surface area contributed by atoms with Crippen LogP contribution in [0.1, 0.15) is 36.1 Å². The average Bonchev–Trinajstić information content (AvgIpc) is 3.16. The molecule has 2 aromatic rings. The first-order valence-electron chi connectivity index (χ1n) is 9.49. The number of nitrogens with one attached hydrogen (secondary N) is 2. The number of carbonyl (C=O) groups excluding carboxylic acids is 1. The number of benzene rings is 1. The molecule has 2 heterocycles. The van der Waals surface area contributed by atoms with E-state index in [0.717, 1.165) is 38.2 Å². The van der Waals surface area contributed by atoms with Gasteiger partial charge in [-0.05, 0) is 50.1 Å². The largest absolute Gasteiger partial charge is 0.454 e. The Bertz CT molecular complexity index is 828. The highest BCUT2D eigenvalue weighted by Gasteiger charge is 2.20. The first-order chi connectivity index (χ1) is 13.5. The Morgan fingerprint density at radius 3 is 2.75 bits per heavy atom. The van der Waals surface area contributed by atoms with Crippen LogP contribution in [0, 0.1) is 5.82 Å². The Hall–Kier alpha value is -3.03. The van der Waals surface area contributed by atoms with Gasteiger partial charge in [0.15, 0.2) is 11.7 Å². The maximum absolute atomic E-state index is 13.4. The van der Waals surface area contributed by atoms with Crippen molar-refractivity contribution in [2.45, 2.75) is 32.4 Å². The molecule has 0 bridgehead atoms. The Labute approximate surface area is 163 Å². The number of primary amides is 1. The van der Waals surface area contributed by atoms with Crippen LogP contribution in [0.2, 0.25) is 0 Å². The third-order valence-corrected chi connectivity index (χ3v) is 4.65. The molecule has 0 aliphatic carbocycles. The number of guanidine groups is 1. The van der Waals surface area contributed by atoms with E-state index < -0.39 is 5.91 Å². The fourth-order valence-electron chi connectivity index (χ4n) is 3.22. The SMILES string of the molecule is CCNC(=NCc1ccc(C(N)=O)o1)NC1CCN(c2cccc(F)c2)CC1. The van der Waals surface area contributed by atoms with Crippen LogP contribution >= 0.6 is 0 Å². The van der Waals surface area contributed by atoms with Crippen LogP contribution in [0.5, 0.6) is 0 Å². The number of nitrogens with two attached hydrogens (primary N) is 1. The second-order valence-corrected chi connectivity index (χ2v) is 6.71. The lowest BCUT2D eigenvalue weighted by Crippen LogP contribution is -2.48. The van der Waals surface area contributed by atoms with Crippen molar-refractivity contribution in [3.63, 3.8) is 0 Å². The molecule has 0 spiro atoms. The minimum Gasteiger partial charge on any atom is -0.454 e. The van der Waals surface area contributed by atoms with Gasteiger partial charge in [-0.2, -0.15) is 0 Å². The fraction of sp³-hybridized carbons (Fsp3) is 0.400. The summed E-state index contributed by atoms with van der Waals surface area (Å²) >= 11 is 0. The van der Waals surface area contributed by atoms with E-state index in [1.807, 2.05) is 13.0 Å². The molecule has 0 radical (unpaired) electrons. The molecule has 1 fully saturated rings. The lowest BCUT2D eigenvalue weighted by Gasteiger charge is -2.34. The number of carbonyl (C=O) groups is 1. The number of hydrogen-bond donors (Lipinski definition) is 3. The van der Waals surface area contributed by atoms with Gasteiger partial charge >= 0.3 is 0 Å². The van der Waals surface area contributed by atoms with Crippen LogP contribution < -0.4 is 21.3 Å². The lowest BCUT2D eigenvalue weighted by molar-refractivity contribution is 0.0972. The first-order valence-corrected chi connectivity index (χ1v) is 9.49. The summed E-state index contributed by atoms with van der Waals surface area (Å²) in [5, 5.41) is 6.67. The van der Waals surface area contributed by atoms with Crippen LogP contribution in [-0.4, -0.2) is 37.5 Å². The van der Waals surface area contributed by atoms with Gasteiger partial charge in [0.25, 0.3) is 5.91 Å². The van der Waals surface area contributed by atoms with Crippen molar-refractivity contribution in [3.05, 3.63) is 53.7 Å². The van der Waals surface area contributed by atoms with Crippen molar-refractivity contribution in [2.24, 2.45) is 10.7 Å². The van der Waals surface area contributed by atoms with Gasteiger partial charge in [-0.3, -0.25) is 4.79 Å². The second-order valence-electron chi connectivity index (χ2n) is 6.71. The summed E-state index contributed by atoms with van der Waals surface area (Å²) in [7, 11) is 0. The Kier molecular flexibility index (Phi) is 6.52. The molecule has 7 nitrogen and oxygen atoms in total. The minimum absolute atomic E-state index is 0.132. The first kappa shape index (κ1) is 19.7. The molecule has 3 rings (SSSR count). The zero-order valence-corrected chi connectivity index (χ0v) is 16.0. The third kappa shape index (κ3) is 5.25. The zero-order valence-electron chi connectivity index (χ0n) is 16.0. The van der Waals surface area contributed by atoms with Crippen molar-refractivity contribution < 1.29 is 13.6 Å². The summed E-state index contributed by atoms with van der Waals surface area (Å²) in [6.45, 7) is 4.74. The van der Waals surface area contributed by atoms with Crippen LogP contribution in [0.4, 0.5) is 10.1 Å². The second kappa shape index (κ2) is 9.25. The highest BCUT2D eigenvalue weighted by atomic mass is 19.1. The quantitative estimate of drug-likeness (QED) is 0.522. The van der Waals surface area contributed by atoms with Gasteiger partial charge in [0.05, 0.1) is 0 Å². The van der Waals surface area contributed by atoms with Gasteiger partial charge in [0.2, 0.25) is 0 Å². The number of halogens is 1. The molecule has 150 valence electrons. The van der Waals surface area contributed by atoms with Crippen LogP contribution in [0.3, 0.4) is 0 Å². The van der Waals surface area contributed by atoms with Crippen molar-refractivity contribution in [1.29, 1.82) is 0 Å². The van der Waals surface area contributed by atoms with Gasteiger partial charge in [-0.15, -0.1) is 0 Å². The van der Waals surface area contributed by atoms with Gasteiger partial charge < -0.3 is 25.7 Å². The van der Waals surface area contributed by atoms with E-state index in [4.69, 9.17) is 10.2 Å². The smallest absolute Gasteiger partial charge is 0.284 e. The summed E-state index contributed by atoms with van der Waals surface area (Å²) in [5.41, 5.74) is 6.12. The molecule has 1 aromatic heterocycles. The van der Waals surface area contributed by atoms with Crippen molar-refractivity contribution in [2.75, 3.05) is 24.5 Å². The van der Waals surface area contributed by atoms with E-state index in [2.05, 4.69) is 20.5 Å². The number of piperidine rings is 1. The van der Waals surface area contributed by atoms with E-state index in [1.165, 1.54) is 6.07 Å². The highest BCUT2D eigenvalue weighted by Crippen LogP contribution is 2.20. The number of hydrogen-bond acceptors (Lipinski definition) is 4. The molecule has 8 heteroatoms. The van der Waals surface area contributed by atoms with Crippen LogP contribution in [0.25, 0.3) is 0 Å². The van der Waals surface area contributed by atoms with Crippen molar-refractivity contribution >= 4 is 17.6 Å². The normalized spacial score (nSPS) is 15.5. The Morgan fingerprint density at radius 2 is 2.11 bits per heavy atom. The number of aliphatic imine (C=N–C) groups is 1. The van der Waals surface area contributed by atoms with E-state index in [1.54, 1.807) is 24.3 Å². The topological polar surface area (TPSA) is 95.9 Å². The predicted octanol–water partition coefficient (Wildman–Crippen LogP) is 2.24. The minimum atomic E-state index is -0.592. The third-order valence-electron chi connectivity index (χ3n) is 4.65. The average molecular weight is 387 g/mol. The molecule has 28 heavy (non-hydrogen) atoms. The fourth-order valence-corrected chi connectivity index (χ4v) is 3.22. The molecule has 1 aliphatic heterocycles. The molecular formula is C20H26FN5O2. The van der Waals surface area contributed by atoms with Gasteiger partial charge in [-0.25, -0.2) is 9.38 Å². The van der Waals surface area contributed by atoms with Gasteiger partial charge in [0.1, 0.15) is 18.1 Å². The van der Waals surface area contributed by atoms with E-state index in [-0.39, 0.29) is 17.6 Å². The molecule has 4 N–H and O–H groups in total. The summed E-state index contributed by atoms with van der Waals surface area (Å²) in [5.74, 6) is 0.602. The van der Waals surface area contributed by atoms with E-state index in [9.17, 15) is 9.18 Å². The monoisotopic (exact) mass is 387 g/mol. The molecule has 1 amide bonds. The molecule has 1 aliphatic rings. The number of rotatable bonds is 6. The molecule has 0 saturated carbocycles. The summed E-state index contributed by atoms with van der Waals surface area (Å²) in [6.07, 6.45) is 1.85. The summed E-state index contributed by atoms with van der Waals surface area (Å²) < 4.78 is 18.8. The number of nitrogens with zero attached hydrogens (tertiary/aromatic N) is 2. The van der Waals surface area contributed by atoms with Crippen LogP contribution in [0.15, 0.2) is 45.8 Å².